The number of benzene rings is 3. The molecule has 7 atom stereocenters. The Balaban J connectivity index is 1.52. The molecular weight excluding hydrogens is 576 g/mol. The van der Waals surface area contributed by atoms with Crippen LogP contribution in [-0.2, 0) is 46.1 Å². The van der Waals surface area contributed by atoms with Crippen LogP contribution in [0.25, 0.3) is 0 Å². The first kappa shape index (κ1) is 32.1. The molecule has 9 heteroatoms. The smallest absolute Gasteiger partial charge is 0.338 e. The van der Waals surface area contributed by atoms with Gasteiger partial charge in [-0.15, -0.1) is 0 Å². The number of ether oxygens (including phenoxy) is 5. The minimum atomic E-state index is -1.33. The second-order valence-corrected chi connectivity index (χ2v) is 11.2. The van der Waals surface area contributed by atoms with E-state index >= 15 is 0 Å². The third-order valence-corrected chi connectivity index (χ3v) is 8.08. The zero-order valence-corrected chi connectivity index (χ0v) is 25.1. The lowest BCUT2D eigenvalue weighted by Gasteiger charge is -2.44. The van der Waals surface area contributed by atoms with Gasteiger partial charge in [-0.2, -0.15) is 0 Å². The fourth-order valence-electron chi connectivity index (χ4n) is 5.69. The van der Waals surface area contributed by atoms with E-state index in [2.05, 4.69) is 0 Å². The Morgan fingerprint density at radius 3 is 1.73 bits per heavy atom. The van der Waals surface area contributed by atoms with Gasteiger partial charge in [0.15, 0.2) is 24.6 Å². The molecule has 3 aromatic carbocycles. The molecule has 1 N–H and O–H groups in total. The molecule has 2 heterocycles. The first-order chi connectivity index (χ1) is 22.0. The van der Waals surface area contributed by atoms with Crippen LogP contribution >= 0.6 is 0 Å². The summed E-state index contributed by atoms with van der Waals surface area (Å²) in [6, 6.07) is 27.5. The van der Waals surface area contributed by atoms with Crippen molar-refractivity contribution in [3.8, 4) is 0 Å². The fourth-order valence-corrected chi connectivity index (χ4v) is 5.69. The van der Waals surface area contributed by atoms with E-state index in [1.807, 2.05) is 72.8 Å². The maximum absolute atomic E-state index is 13.9. The van der Waals surface area contributed by atoms with Crippen LogP contribution in [0.1, 0.15) is 34.3 Å². The lowest BCUT2D eigenvalue weighted by atomic mass is 9.92. The van der Waals surface area contributed by atoms with Gasteiger partial charge in [0.25, 0.3) is 0 Å². The van der Waals surface area contributed by atoms with Crippen molar-refractivity contribution < 1.29 is 43.2 Å². The number of carbonyl (C=O) groups is 3. The van der Waals surface area contributed by atoms with E-state index in [9.17, 15) is 19.5 Å². The van der Waals surface area contributed by atoms with Crippen LogP contribution in [0.2, 0.25) is 0 Å². The lowest BCUT2D eigenvalue weighted by Crippen LogP contribution is -2.63. The number of hydrogen-bond acceptors (Lipinski definition) is 9. The Kier molecular flexibility index (Phi) is 11.1. The third-order valence-electron chi connectivity index (χ3n) is 8.08. The molecule has 0 spiro atoms. The average Bonchev–Trinajstić information content (AvgIpc) is 3.07. The van der Waals surface area contributed by atoms with Gasteiger partial charge < -0.3 is 28.8 Å². The van der Waals surface area contributed by atoms with E-state index < -0.39 is 67.1 Å². The minimum absolute atomic E-state index is 0.256. The number of aliphatic hydroxyl groups is 1. The molecule has 0 saturated carbocycles. The van der Waals surface area contributed by atoms with Crippen LogP contribution in [-0.4, -0.2) is 67.4 Å². The fraction of sp³-hybridized carbons (Fsp3) is 0.361. The van der Waals surface area contributed by atoms with Crippen molar-refractivity contribution in [3.63, 3.8) is 0 Å². The highest BCUT2D eigenvalue weighted by Crippen LogP contribution is 2.32. The Morgan fingerprint density at radius 1 is 0.756 bits per heavy atom. The molecule has 0 aromatic heterocycles. The lowest BCUT2D eigenvalue weighted by molar-refractivity contribution is -0.301. The number of hydrogen-bond donors (Lipinski definition) is 1. The SMILES string of the molecule is CO[C@H]1O[C@H](CO)[C@H](OC(=O)c2ccccc2)[C@@H]2OC(=O)[C@H](Cc3ccccc3)CC=CC[C@@H](Cc3ccccc3)C(=O)O[C@@H]12. The van der Waals surface area contributed by atoms with Gasteiger partial charge in [0.2, 0.25) is 0 Å². The molecule has 45 heavy (non-hydrogen) atoms. The highest BCUT2D eigenvalue weighted by atomic mass is 16.7. The van der Waals surface area contributed by atoms with Gasteiger partial charge >= 0.3 is 17.9 Å². The molecule has 0 aliphatic carbocycles. The van der Waals surface area contributed by atoms with Gasteiger partial charge in [0.1, 0.15) is 6.10 Å². The zero-order chi connectivity index (χ0) is 31.6. The van der Waals surface area contributed by atoms with Crippen molar-refractivity contribution in [2.75, 3.05) is 13.7 Å². The van der Waals surface area contributed by atoms with Crippen LogP contribution in [0, 0.1) is 11.8 Å². The Hall–Kier alpha value is -4.31. The van der Waals surface area contributed by atoms with Gasteiger partial charge in [0, 0.05) is 7.11 Å². The average molecular weight is 615 g/mol. The van der Waals surface area contributed by atoms with Crippen molar-refractivity contribution >= 4 is 17.9 Å². The molecule has 0 bridgehead atoms. The Morgan fingerprint density at radius 2 is 1.24 bits per heavy atom. The number of esters is 3. The van der Waals surface area contributed by atoms with Gasteiger partial charge in [-0.1, -0.05) is 91.0 Å². The van der Waals surface area contributed by atoms with Crippen LogP contribution in [0.3, 0.4) is 0 Å². The molecule has 0 unspecified atom stereocenters. The van der Waals surface area contributed by atoms with Crippen LogP contribution in [0.4, 0.5) is 0 Å². The number of rotatable bonds is 8. The summed E-state index contributed by atoms with van der Waals surface area (Å²) in [4.78, 5) is 40.9. The molecule has 2 aliphatic rings. The summed E-state index contributed by atoms with van der Waals surface area (Å²) in [6.45, 7) is -0.575. The summed E-state index contributed by atoms with van der Waals surface area (Å²) in [6.07, 6.45) is -0.917. The van der Waals surface area contributed by atoms with Crippen LogP contribution < -0.4 is 0 Å². The van der Waals surface area contributed by atoms with Crippen LogP contribution in [0.5, 0.6) is 0 Å². The molecule has 3 aromatic rings. The van der Waals surface area contributed by atoms with Crippen molar-refractivity contribution in [2.45, 2.75) is 56.4 Å². The van der Waals surface area contributed by atoms with Gasteiger partial charge in [-0.25, -0.2) is 4.79 Å². The van der Waals surface area contributed by atoms with E-state index in [0.717, 1.165) is 11.1 Å². The molecule has 5 rings (SSSR count). The molecule has 1 fully saturated rings. The molecule has 9 nitrogen and oxygen atoms in total. The van der Waals surface area contributed by atoms with E-state index in [0.29, 0.717) is 25.7 Å². The second kappa shape index (κ2) is 15.6. The number of aliphatic hydroxyl groups excluding tert-OH is 1. The molecule has 236 valence electrons. The van der Waals surface area contributed by atoms with E-state index in [1.54, 1.807) is 30.3 Å². The zero-order valence-electron chi connectivity index (χ0n) is 25.1. The maximum Gasteiger partial charge on any atom is 0.338 e. The third kappa shape index (κ3) is 8.25. The molecule has 1 saturated heterocycles. The normalized spacial score (nSPS) is 27.2. The number of methoxy groups -OCH3 is 1. The van der Waals surface area contributed by atoms with Crippen LogP contribution in [0.15, 0.2) is 103 Å². The monoisotopic (exact) mass is 614 g/mol. The molecule has 2 aliphatic heterocycles. The van der Waals surface area contributed by atoms with E-state index in [4.69, 9.17) is 23.7 Å². The highest BCUT2D eigenvalue weighted by molar-refractivity contribution is 5.89. The Bertz CT molecular complexity index is 1430. The summed E-state index contributed by atoms with van der Waals surface area (Å²) in [5.41, 5.74) is 2.17. The summed E-state index contributed by atoms with van der Waals surface area (Å²) < 4.78 is 29.6. The molecular formula is C36H38O9. The quantitative estimate of drug-likeness (QED) is 0.223. The van der Waals surface area contributed by atoms with E-state index in [-0.39, 0.29) is 5.56 Å². The maximum atomic E-state index is 13.9. The standard InChI is InChI=1S/C36H38O9/c1-41-36-32-31(30(29(23-37)42-36)43-33(38)26-17-9-4-10-18-26)44-34(39)27(21-24-13-5-2-6-14-24)19-11-12-20-28(35(40)45-32)22-25-15-7-3-8-16-25/h2-18,27-32,36-37H,19-23H2,1H3/t27-,28-,29+,30-,31-,32+,36-/m0/s1. The molecule has 0 radical (unpaired) electrons. The first-order valence-corrected chi connectivity index (χ1v) is 15.2. The summed E-state index contributed by atoms with van der Waals surface area (Å²) in [5.74, 6) is -2.97. The number of allylic oxidation sites excluding steroid dienone is 2. The number of fused-ring (bicyclic) bond motifs is 1. The van der Waals surface area contributed by atoms with E-state index in [1.165, 1.54) is 7.11 Å². The first-order valence-electron chi connectivity index (χ1n) is 15.2. The summed E-state index contributed by atoms with van der Waals surface area (Å²) in [7, 11) is 1.36. The van der Waals surface area contributed by atoms with Crippen molar-refractivity contribution in [1.29, 1.82) is 0 Å². The topological polar surface area (TPSA) is 118 Å². The number of carbonyl (C=O) groups excluding carboxylic acids is 3. The molecule has 0 amide bonds. The predicted octanol–water partition coefficient (Wildman–Crippen LogP) is 4.47. The predicted molar refractivity (Wildman–Crippen MR) is 164 cm³/mol. The van der Waals surface area contributed by atoms with Gasteiger partial charge in [-0.3, -0.25) is 9.59 Å². The largest absolute Gasteiger partial charge is 0.454 e. The van der Waals surface area contributed by atoms with Crippen molar-refractivity contribution in [1.82, 2.24) is 0 Å². The van der Waals surface area contributed by atoms with Crippen molar-refractivity contribution in [2.24, 2.45) is 11.8 Å². The summed E-state index contributed by atoms with van der Waals surface area (Å²) in [5, 5.41) is 10.3. The Labute approximate surface area is 262 Å². The van der Waals surface area contributed by atoms with Gasteiger partial charge in [0.05, 0.1) is 24.0 Å². The van der Waals surface area contributed by atoms with Gasteiger partial charge in [-0.05, 0) is 48.9 Å². The summed E-state index contributed by atoms with van der Waals surface area (Å²) >= 11 is 0. The highest BCUT2D eigenvalue weighted by Gasteiger charge is 2.53. The second-order valence-electron chi connectivity index (χ2n) is 11.2. The van der Waals surface area contributed by atoms with Crippen molar-refractivity contribution in [3.05, 3.63) is 120 Å². The minimum Gasteiger partial charge on any atom is -0.454 e.